The molecule has 0 unspecified atom stereocenters. The van der Waals surface area contributed by atoms with Crippen LogP contribution in [0.5, 0.6) is 5.75 Å². The number of aromatic nitrogens is 2. The first-order chi connectivity index (χ1) is 8.84. The molecule has 0 radical (unpaired) electrons. The predicted molar refractivity (Wildman–Crippen MR) is 68.3 cm³/mol. The van der Waals surface area contributed by atoms with E-state index in [-0.39, 0.29) is 21.7 Å². The zero-order valence-corrected chi connectivity index (χ0v) is 11.4. The summed E-state index contributed by atoms with van der Waals surface area (Å²) in [6.07, 6.45) is 1.43. The van der Waals surface area contributed by atoms with Gasteiger partial charge in [-0.1, -0.05) is 0 Å². The normalized spacial score (nSPS) is 11.3. The van der Waals surface area contributed by atoms with Gasteiger partial charge < -0.3 is 0 Å². The molecule has 100 valence electrons. The van der Waals surface area contributed by atoms with E-state index in [1.807, 2.05) is 0 Å². The van der Waals surface area contributed by atoms with E-state index < -0.39 is 14.2 Å². The van der Waals surface area contributed by atoms with E-state index in [9.17, 15) is 8.85 Å². The Morgan fingerprint density at radius 1 is 1.26 bits per heavy atom. The molecule has 0 aliphatic carbocycles. The maximum absolute atomic E-state index is 11.2. The van der Waals surface area contributed by atoms with Crippen molar-refractivity contribution < 1.29 is 17.0 Å². The van der Waals surface area contributed by atoms with Gasteiger partial charge in [0.1, 0.15) is 0 Å². The summed E-state index contributed by atoms with van der Waals surface area (Å²) in [7, 11) is 0. The molecule has 0 saturated carbocycles. The number of benzene rings is 1. The Kier molecular flexibility index (Phi) is 3.48. The predicted octanol–water partition coefficient (Wildman–Crippen LogP) is -0.931. The van der Waals surface area contributed by atoms with E-state index >= 15 is 0 Å². The zero-order valence-electron chi connectivity index (χ0n) is 9.56. The number of phenols is 1. The molecule has 19 heavy (non-hydrogen) atoms. The number of nitrogens with zero attached hydrogens (tertiary/aromatic N) is 2. The van der Waals surface area contributed by atoms with Gasteiger partial charge in [0.05, 0.1) is 0 Å². The van der Waals surface area contributed by atoms with Crippen molar-refractivity contribution in [1.82, 2.24) is 9.97 Å². The van der Waals surface area contributed by atoms with Gasteiger partial charge in [0, 0.05) is 0 Å². The molecule has 2 aromatic rings. The van der Waals surface area contributed by atoms with Crippen LogP contribution in [-0.2, 0) is 3.74 Å². The molecule has 9 heteroatoms. The van der Waals surface area contributed by atoms with Crippen LogP contribution in [0.25, 0.3) is 0 Å². The van der Waals surface area contributed by atoms with Gasteiger partial charge in [-0.05, 0) is 0 Å². The molecule has 1 heterocycles. The van der Waals surface area contributed by atoms with Gasteiger partial charge in [0.25, 0.3) is 0 Å². The topological polar surface area (TPSA) is 142 Å². The summed E-state index contributed by atoms with van der Waals surface area (Å²) >= 11 is -5.07. The molecule has 0 saturated heterocycles. The number of aromatic hydroxyl groups is 1. The van der Waals surface area contributed by atoms with Crippen LogP contribution >= 0.6 is 0 Å². The molecule has 0 atom stereocenters. The summed E-state index contributed by atoms with van der Waals surface area (Å²) in [5, 5.41) is 12.2. The van der Waals surface area contributed by atoms with Gasteiger partial charge in [0.2, 0.25) is 0 Å². The third kappa shape index (κ3) is 3.47. The summed E-state index contributed by atoms with van der Waals surface area (Å²) in [4.78, 5) is 7.59. The first kappa shape index (κ1) is 13.4. The van der Waals surface area contributed by atoms with Crippen molar-refractivity contribution in [3.8, 4) is 5.75 Å². The summed E-state index contributed by atoms with van der Waals surface area (Å²) in [5.74, 6) is 0.151. The average Bonchev–Trinajstić information content (AvgIpc) is 2.26. The van der Waals surface area contributed by atoms with Gasteiger partial charge in [-0.2, -0.15) is 0 Å². The number of nitrogens with two attached hydrogens (primary N) is 1. The summed E-state index contributed by atoms with van der Waals surface area (Å²) in [5.41, 5.74) is 5.70. The van der Waals surface area contributed by atoms with Crippen LogP contribution in [0, 0.1) is 0 Å². The van der Waals surface area contributed by atoms with E-state index in [1.165, 1.54) is 24.4 Å². The van der Waals surface area contributed by atoms with Gasteiger partial charge in [-0.25, -0.2) is 0 Å². The van der Waals surface area contributed by atoms with Crippen molar-refractivity contribution in [2.45, 2.75) is 0 Å². The molecule has 8 nitrogen and oxygen atoms in total. The van der Waals surface area contributed by atoms with Crippen LogP contribution in [0.4, 0.5) is 17.5 Å². The van der Waals surface area contributed by atoms with E-state index in [1.54, 1.807) is 0 Å². The summed E-state index contributed by atoms with van der Waals surface area (Å²) < 4.78 is 29.3. The Morgan fingerprint density at radius 2 is 2.00 bits per heavy atom. The fraction of sp³-hybridized carbons (Fsp3) is 0. The fourth-order valence-electron chi connectivity index (χ4n) is 1.43. The van der Waals surface area contributed by atoms with Crippen LogP contribution in [0.3, 0.4) is 0 Å². The Morgan fingerprint density at radius 3 is 2.63 bits per heavy atom. The molecule has 2 rings (SSSR count). The molecule has 6 N–H and O–H groups in total. The van der Waals surface area contributed by atoms with Crippen LogP contribution < -0.4 is 15.4 Å². The second-order valence-electron chi connectivity index (χ2n) is 3.71. The van der Waals surface area contributed by atoms with Crippen LogP contribution in [0.1, 0.15) is 0 Å². The van der Waals surface area contributed by atoms with Gasteiger partial charge in [-0.15, -0.1) is 0 Å². The fourth-order valence-corrected chi connectivity index (χ4v) is 2.70. The first-order valence-electron chi connectivity index (χ1n) is 5.10. The number of phenolic OH excluding ortho intramolecular Hbond substituents is 1. The zero-order chi connectivity index (χ0) is 14.0. The first-order valence-corrected chi connectivity index (χ1v) is 8.48. The Bertz CT molecular complexity index is 658. The van der Waals surface area contributed by atoms with Crippen LogP contribution in [0.2, 0.25) is 0 Å². The van der Waals surface area contributed by atoms with Crippen molar-refractivity contribution in [1.29, 1.82) is 0 Å². The molecular weight excluding hydrogens is 315 g/mol. The van der Waals surface area contributed by atoms with Crippen molar-refractivity contribution in [3.05, 3.63) is 30.5 Å². The third-order valence-corrected chi connectivity index (χ3v) is 4.14. The molecule has 1 aromatic carbocycles. The van der Waals surface area contributed by atoms with Gasteiger partial charge in [0.15, 0.2) is 0 Å². The standard InChI is InChI=1S/C10H11AsN4O4/c12-10-13-2-1-9(15-10)14-7-3-6(11(17,18)19)4-8(16)5-7/h1-5,16H,(H2,17,18,19)(H3,12,13,14,15). The van der Waals surface area contributed by atoms with E-state index in [2.05, 4.69) is 15.3 Å². The van der Waals surface area contributed by atoms with E-state index in [0.717, 1.165) is 6.07 Å². The second-order valence-corrected chi connectivity index (χ2v) is 7.07. The number of anilines is 3. The van der Waals surface area contributed by atoms with Crippen molar-refractivity contribution in [2.75, 3.05) is 11.1 Å². The summed E-state index contributed by atoms with van der Waals surface area (Å²) in [6.45, 7) is 0. The van der Waals surface area contributed by atoms with Crippen LogP contribution in [-0.4, -0.2) is 37.4 Å². The minimum atomic E-state index is -5.07. The number of hydrogen-bond donors (Lipinski definition) is 5. The Hall–Kier alpha value is -2.02. The van der Waals surface area contributed by atoms with Crippen molar-refractivity contribution in [3.63, 3.8) is 0 Å². The number of rotatable bonds is 3. The van der Waals surface area contributed by atoms with E-state index in [4.69, 9.17) is 13.9 Å². The quantitative estimate of drug-likeness (QED) is 0.455. The van der Waals surface area contributed by atoms with Crippen LogP contribution in [0.15, 0.2) is 30.5 Å². The second kappa shape index (κ2) is 4.93. The molecule has 0 spiro atoms. The molecular formula is C10H11AsN4O4. The molecule has 1 aromatic heterocycles. The number of nitrogens with one attached hydrogen (secondary N) is 1. The molecule has 0 bridgehead atoms. The molecule has 0 fully saturated rings. The van der Waals surface area contributed by atoms with Gasteiger partial charge >= 0.3 is 110 Å². The number of hydrogen-bond acceptors (Lipinski definition) is 6. The molecule has 0 aliphatic heterocycles. The Balaban J connectivity index is 2.36. The summed E-state index contributed by atoms with van der Waals surface area (Å²) in [6, 6.07) is 5.12. The van der Waals surface area contributed by atoms with E-state index in [0.29, 0.717) is 5.82 Å². The van der Waals surface area contributed by atoms with Crippen molar-refractivity contribution >= 4 is 36.0 Å². The maximum atomic E-state index is 11.2. The minimum absolute atomic E-state index is 0.0597. The monoisotopic (exact) mass is 326 g/mol. The molecule has 0 amide bonds. The average molecular weight is 326 g/mol. The Labute approximate surface area is 110 Å². The van der Waals surface area contributed by atoms with Crippen molar-refractivity contribution in [2.24, 2.45) is 0 Å². The third-order valence-electron chi connectivity index (χ3n) is 2.19. The van der Waals surface area contributed by atoms with Gasteiger partial charge in [-0.3, -0.25) is 0 Å². The number of nitrogen functional groups attached to an aromatic ring is 1. The SMILES string of the molecule is Nc1nccc(Nc2cc(O)cc([As](=O)(O)O)c2)n1. The molecule has 0 aliphatic rings.